The summed E-state index contributed by atoms with van der Waals surface area (Å²) in [5.41, 5.74) is 1.80. The van der Waals surface area contributed by atoms with Crippen LogP contribution >= 0.6 is 0 Å². The minimum absolute atomic E-state index is 0.257. The van der Waals surface area contributed by atoms with E-state index in [-0.39, 0.29) is 6.04 Å². The van der Waals surface area contributed by atoms with Crippen molar-refractivity contribution in [3.8, 4) is 0 Å². The van der Waals surface area contributed by atoms with Crippen LogP contribution in [0.2, 0.25) is 0 Å². The smallest absolute Gasteiger partial charge is 0.337 e. The summed E-state index contributed by atoms with van der Waals surface area (Å²) in [7, 11) is 0. The summed E-state index contributed by atoms with van der Waals surface area (Å²) in [4.78, 5) is 15.6. The molecule has 2 aromatic rings. The number of carboxylic acid groups (broad SMARTS) is 1. The van der Waals surface area contributed by atoms with Crippen molar-refractivity contribution in [1.82, 2.24) is 9.55 Å². The Kier molecular flexibility index (Phi) is 3.88. The van der Waals surface area contributed by atoms with Crippen LogP contribution in [0.3, 0.4) is 0 Å². The average Bonchev–Trinajstić information content (AvgIpc) is 2.79. The van der Waals surface area contributed by atoms with Crippen molar-refractivity contribution in [2.45, 2.75) is 39.7 Å². The number of imidazole rings is 1. The second kappa shape index (κ2) is 5.43. The Hall–Kier alpha value is -1.84. The molecule has 102 valence electrons. The predicted molar refractivity (Wildman–Crippen MR) is 75.5 cm³/mol. The number of aromatic carboxylic acids is 1. The number of benzene rings is 1. The van der Waals surface area contributed by atoms with E-state index in [1.165, 1.54) is 0 Å². The molecule has 0 aliphatic carbocycles. The van der Waals surface area contributed by atoms with Crippen molar-refractivity contribution in [1.29, 1.82) is 0 Å². The van der Waals surface area contributed by atoms with E-state index in [4.69, 9.17) is 0 Å². The Bertz CT molecular complexity index is 587. The molecule has 0 amide bonds. The van der Waals surface area contributed by atoms with Crippen molar-refractivity contribution in [2.75, 3.05) is 0 Å². The van der Waals surface area contributed by atoms with Gasteiger partial charge < -0.3 is 9.67 Å². The van der Waals surface area contributed by atoms with E-state index in [0.717, 1.165) is 23.9 Å². The van der Waals surface area contributed by atoms with Gasteiger partial charge in [0.15, 0.2) is 0 Å². The fourth-order valence-corrected chi connectivity index (χ4v) is 2.31. The molecule has 0 radical (unpaired) electrons. The van der Waals surface area contributed by atoms with Gasteiger partial charge in [0.05, 0.1) is 22.9 Å². The Labute approximate surface area is 113 Å². The van der Waals surface area contributed by atoms with E-state index in [0.29, 0.717) is 11.5 Å². The Balaban J connectivity index is 2.40. The molecule has 1 atom stereocenters. The van der Waals surface area contributed by atoms with Crippen LogP contribution in [0.5, 0.6) is 0 Å². The minimum Gasteiger partial charge on any atom is -0.478 e. The van der Waals surface area contributed by atoms with Crippen LogP contribution in [0, 0.1) is 5.92 Å². The maximum atomic E-state index is 11.3. The van der Waals surface area contributed by atoms with Gasteiger partial charge in [-0.3, -0.25) is 0 Å². The second-order valence-electron chi connectivity index (χ2n) is 5.45. The lowest BCUT2D eigenvalue weighted by atomic mass is 10.0. The Morgan fingerprint density at radius 2 is 2.05 bits per heavy atom. The number of para-hydroxylation sites is 1. The highest BCUT2D eigenvalue weighted by atomic mass is 16.4. The van der Waals surface area contributed by atoms with Crippen LogP contribution in [0.4, 0.5) is 0 Å². The standard InChI is InChI=1S/C15H20N2O2/c1-10(2)7-8-11(3)17-9-16-13-6-4-5-12(14(13)17)15(18)19/h4-6,9-11H,7-8H2,1-3H3,(H,18,19). The third-order valence-corrected chi connectivity index (χ3v) is 3.46. The van der Waals surface area contributed by atoms with Crippen LogP contribution in [-0.4, -0.2) is 20.6 Å². The molecular formula is C15H20N2O2. The van der Waals surface area contributed by atoms with E-state index in [1.54, 1.807) is 18.5 Å². The van der Waals surface area contributed by atoms with E-state index < -0.39 is 5.97 Å². The summed E-state index contributed by atoms with van der Waals surface area (Å²) in [6, 6.07) is 5.49. The number of carbonyl (C=O) groups is 1. The number of fused-ring (bicyclic) bond motifs is 1. The molecule has 2 rings (SSSR count). The number of carboxylic acids is 1. The van der Waals surface area contributed by atoms with Crippen molar-refractivity contribution >= 4 is 17.0 Å². The number of hydrogen-bond acceptors (Lipinski definition) is 2. The summed E-state index contributed by atoms with van der Waals surface area (Å²) >= 11 is 0. The van der Waals surface area contributed by atoms with Crippen molar-refractivity contribution in [3.63, 3.8) is 0 Å². The third kappa shape index (κ3) is 2.78. The molecule has 4 nitrogen and oxygen atoms in total. The number of nitrogens with zero attached hydrogens (tertiary/aromatic N) is 2. The zero-order valence-corrected chi connectivity index (χ0v) is 11.6. The van der Waals surface area contributed by atoms with Gasteiger partial charge in [-0.2, -0.15) is 0 Å². The van der Waals surface area contributed by atoms with Gasteiger partial charge >= 0.3 is 5.97 Å². The highest BCUT2D eigenvalue weighted by Crippen LogP contribution is 2.25. The van der Waals surface area contributed by atoms with Crippen molar-refractivity contribution in [3.05, 3.63) is 30.1 Å². The van der Waals surface area contributed by atoms with E-state index in [1.807, 2.05) is 10.6 Å². The van der Waals surface area contributed by atoms with Gasteiger partial charge in [-0.15, -0.1) is 0 Å². The monoisotopic (exact) mass is 260 g/mol. The molecule has 1 aromatic heterocycles. The maximum Gasteiger partial charge on any atom is 0.337 e. The molecule has 1 unspecified atom stereocenters. The molecule has 1 heterocycles. The first kappa shape index (κ1) is 13.6. The van der Waals surface area contributed by atoms with Gasteiger partial charge in [0.25, 0.3) is 0 Å². The van der Waals surface area contributed by atoms with Crippen LogP contribution < -0.4 is 0 Å². The average molecular weight is 260 g/mol. The molecular weight excluding hydrogens is 240 g/mol. The van der Waals surface area contributed by atoms with Gasteiger partial charge in [-0.1, -0.05) is 19.9 Å². The SMILES string of the molecule is CC(C)CCC(C)n1cnc2cccc(C(=O)O)c21. The molecule has 4 heteroatoms. The van der Waals surface area contributed by atoms with Crippen LogP contribution in [0.25, 0.3) is 11.0 Å². The fourth-order valence-electron chi connectivity index (χ4n) is 2.31. The van der Waals surface area contributed by atoms with Crippen LogP contribution in [0.15, 0.2) is 24.5 Å². The minimum atomic E-state index is -0.900. The second-order valence-corrected chi connectivity index (χ2v) is 5.45. The summed E-state index contributed by atoms with van der Waals surface area (Å²) in [5.74, 6) is -0.250. The summed E-state index contributed by atoms with van der Waals surface area (Å²) in [5, 5.41) is 9.28. The van der Waals surface area contributed by atoms with Crippen LogP contribution in [-0.2, 0) is 0 Å². The number of hydrogen-bond donors (Lipinski definition) is 1. The van der Waals surface area contributed by atoms with Gasteiger partial charge in [-0.05, 0) is 37.8 Å². The summed E-state index contributed by atoms with van der Waals surface area (Å²) < 4.78 is 1.99. The highest BCUT2D eigenvalue weighted by Gasteiger charge is 2.16. The van der Waals surface area contributed by atoms with Crippen molar-refractivity contribution in [2.24, 2.45) is 5.92 Å². The number of aromatic nitrogens is 2. The maximum absolute atomic E-state index is 11.3. The third-order valence-electron chi connectivity index (χ3n) is 3.46. The zero-order chi connectivity index (χ0) is 14.0. The first-order chi connectivity index (χ1) is 9.00. The molecule has 0 fully saturated rings. The lowest BCUT2D eigenvalue weighted by Gasteiger charge is -2.16. The first-order valence-corrected chi connectivity index (χ1v) is 6.69. The van der Waals surface area contributed by atoms with Gasteiger partial charge in [0.1, 0.15) is 0 Å². The summed E-state index contributed by atoms with van der Waals surface area (Å²) in [6.07, 6.45) is 3.90. The first-order valence-electron chi connectivity index (χ1n) is 6.69. The molecule has 0 spiro atoms. The molecule has 1 aromatic carbocycles. The largest absolute Gasteiger partial charge is 0.478 e. The molecule has 19 heavy (non-hydrogen) atoms. The predicted octanol–water partition coefficient (Wildman–Crippen LogP) is 3.73. The molecule has 0 saturated heterocycles. The molecule has 0 aliphatic heterocycles. The van der Waals surface area contributed by atoms with E-state index in [9.17, 15) is 9.90 Å². The normalized spacial score (nSPS) is 13.1. The summed E-state index contributed by atoms with van der Waals surface area (Å²) in [6.45, 7) is 6.50. The van der Waals surface area contributed by atoms with Gasteiger partial charge in [0.2, 0.25) is 0 Å². The van der Waals surface area contributed by atoms with Crippen LogP contribution in [0.1, 0.15) is 50.0 Å². The van der Waals surface area contributed by atoms with Gasteiger partial charge in [0, 0.05) is 6.04 Å². The molecule has 0 aliphatic rings. The lowest BCUT2D eigenvalue weighted by molar-refractivity contribution is 0.0698. The Morgan fingerprint density at radius 1 is 1.32 bits per heavy atom. The van der Waals surface area contributed by atoms with Gasteiger partial charge in [-0.25, -0.2) is 9.78 Å². The van der Waals surface area contributed by atoms with E-state index in [2.05, 4.69) is 25.8 Å². The van der Waals surface area contributed by atoms with Crippen molar-refractivity contribution < 1.29 is 9.90 Å². The number of rotatable bonds is 5. The molecule has 0 bridgehead atoms. The molecule has 1 N–H and O–H groups in total. The topological polar surface area (TPSA) is 55.1 Å². The molecule has 0 saturated carbocycles. The quantitative estimate of drug-likeness (QED) is 0.891. The van der Waals surface area contributed by atoms with E-state index >= 15 is 0 Å². The fraction of sp³-hybridized carbons (Fsp3) is 0.467. The zero-order valence-electron chi connectivity index (χ0n) is 11.6. The Morgan fingerprint density at radius 3 is 2.68 bits per heavy atom. The highest BCUT2D eigenvalue weighted by molar-refractivity contribution is 6.01. The lowest BCUT2D eigenvalue weighted by Crippen LogP contribution is -2.08.